The largest absolute Gasteiger partial charge is 0.477 e. The minimum atomic E-state index is -0.169. The monoisotopic (exact) mass is 390 g/mol. The van der Waals surface area contributed by atoms with E-state index in [1.165, 1.54) is 7.11 Å². The van der Waals surface area contributed by atoms with E-state index in [2.05, 4.69) is 9.97 Å². The molecule has 1 fully saturated rings. The summed E-state index contributed by atoms with van der Waals surface area (Å²) in [6.07, 6.45) is 3.65. The normalized spacial score (nSPS) is 15.8. The average Bonchev–Trinajstić information content (AvgIpc) is 3.24. The molecule has 1 aliphatic heterocycles. The van der Waals surface area contributed by atoms with Crippen molar-refractivity contribution in [3.63, 3.8) is 0 Å². The number of benzene rings is 2. The van der Waals surface area contributed by atoms with Crippen LogP contribution < -0.4 is 14.4 Å². The van der Waals surface area contributed by atoms with E-state index in [1.54, 1.807) is 22.2 Å². The van der Waals surface area contributed by atoms with Crippen LogP contribution >= 0.6 is 0 Å². The third-order valence-electron chi connectivity index (χ3n) is 4.74. The van der Waals surface area contributed by atoms with E-state index in [0.717, 1.165) is 11.4 Å². The average molecular weight is 390 g/mol. The lowest BCUT2D eigenvalue weighted by molar-refractivity contribution is 0.181. The van der Waals surface area contributed by atoms with Gasteiger partial charge in [0.25, 0.3) is 11.8 Å². The van der Waals surface area contributed by atoms with Gasteiger partial charge in [0.2, 0.25) is 0 Å². The van der Waals surface area contributed by atoms with Gasteiger partial charge in [-0.3, -0.25) is 4.90 Å². The molecule has 0 aliphatic carbocycles. The van der Waals surface area contributed by atoms with Gasteiger partial charge in [-0.15, -0.1) is 0 Å². The predicted molar refractivity (Wildman–Crippen MR) is 110 cm³/mol. The van der Waals surface area contributed by atoms with Crippen LogP contribution in [0.15, 0.2) is 73.1 Å². The van der Waals surface area contributed by atoms with Gasteiger partial charge in [-0.2, -0.15) is 0 Å². The molecule has 2 aromatic carbocycles. The molecule has 29 heavy (non-hydrogen) atoms. The van der Waals surface area contributed by atoms with E-state index in [1.807, 2.05) is 60.7 Å². The maximum atomic E-state index is 13.4. The molecular weight excluding hydrogens is 368 g/mol. The number of ether oxygens (including phenoxy) is 2. The maximum Gasteiger partial charge on any atom is 0.329 e. The van der Waals surface area contributed by atoms with Gasteiger partial charge < -0.3 is 14.4 Å². The van der Waals surface area contributed by atoms with Crippen LogP contribution in [0.2, 0.25) is 0 Å². The number of rotatable bonds is 5. The smallest absolute Gasteiger partial charge is 0.329 e. The number of urea groups is 1. The molecule has 0 radical (unpaired) electrons. The fourth-order valence-corrected chi connectivity index (χ4v) is 3.35. The van der Waals surface area contributed by atoms with Crippen LogP contribution in [0.1, 0.15) is 6.42 Å². The lowest BCUT2D eigenvalue weighted by Gasteiger charge is -2.28. The van der Waals surface area contributed by atoms with Gasteiger partial charge in [0, 0.05) is 25.4 Å². The molecule has 1 aliphatic rings. The summed E-state index contributed by atoms with van der Waals surface area (Å²) in [7, 11) is 1.53. The van der Waals surface area contributed by atoms with Gasteiger partial charge in [-0.05, 0) is 24.3 Å². The number of nitrogens with zero attached hydrogens (tertiary/aromatic N) is 4. The summed E-state index contributed by atoms with van der Waals surface area (Å²) in [5.74, 6) is 0.685. The summed E-state index contributed by atoms with van der Waals surface area (Å²) < 4.78 is 11.2. The van der Waals surface area contributed by atoms with Gasteiger partial charge in [-0.1, -0.05) is 36.4 Å². The summed E-state index contributed by atoms with van der Waals surface area (Å²) in [5.41, 5.74) is 1.65. The minimum absolute atomic E-state index is 0.0837. The van der Waals surface area contributed by atoms with Gasteiger partial charge >= 0.3 is 6.03 Å². The molecule has 0 saturated carbocycles. The highest BCUT2D eigenvalue weighted by Crippen LogP contribution is 2.29. The number of amides is 2. The Bertz CT molecular complexity index is 913. The number of para-hydroxylation sites is 2. The third-order valence-corrected chi connectivity index (χ3v) is 4.74. The first-order chi connectivity index (χ1) is 14.3. The first-order valence-corrected chi connectivity index (χ1v) is 9.47. The van der Waals surface area contributed by atoms with Crippen LogP contribution in [0.25, 0.3) is 0 Å². The maximum absolute atomic E-state index is 13.4. The molecule has 148 valence electrons. The van der Waals surface area contributed by atoms with E-state index < -0.39 is 0 Å². The number of methoxy groups -OCH3 is 1. The molecule has 7 nitrogen and oxygen atoms in total. The van der Waals surface area contributed by atoms with Crippen LogP contribution in [0.5, 0.6) is 11.8 Å². The minimum Gasteiger partial charge on any atom is -0.477 e. The quantitative estimate of drug-likeness (QED) is 0.661. The highest BCUT2D eigenvalue weighted by molar-refractivity contribution is 5.99. The Labute approximate surface area is 169 Å². The van der Waals surface area contributed by atoms with E-state index in [9.17, 15) is 4.79 Å². The second-order valence-electron chi connectivity index (χ2n) is 6.63. The zero-order valence-corrected chi connectivity index (χ0v) is 16.1. The molecular formula is C22H22N4O3. The zero-order chi connectivity index (χ0) is 20.1. The lowest BCUT2D eigenvalue weighted by atomic mass is 10.2. The van der Waals surface area contributed by atoms with Crippen molar-refractivity contribution >= 4 is 17.4 Å². The molecule has 7 heteroatoms. The first kappa shape index (κ1) is 18.7. The molecule has 3 aromatic rings. The molecule has 0 bridgehead atoms. The van der Waals surface area contributed by atoms with Gasteiger partial charge in [-0.25, -0.2) is 14.8 Å². The van der Waals surface area contributed by atoms with Crippen molar-refractivity contribution in [3.05, 3.63) is 73.1 Å². The van der Waals surface area contributed by atoms with Gasteiger partial charge in [0.15, 0.2) is 0 Å². The number of carbonyl (C=O) groups excluding carboxylic acids is 1. The second kappa shape index (κ2) is 8.60. The van der Waals surface area contributed by atoms with Crippen molar-refractivity contribution in [2.24, 2.45) is 0 Å². The van der Waals surface area contributed by atoms with Crippen LogP contribution in [0.4, 0.5) is 16.2 Å². The Balaban J connectivity index is 1.52. The molecule has 2 heterocycles. The SMILES string of the molecule is COc1nccnc1OC1CCN(C(=O)N(c2ccccc2)c2ccccc2)C1. The Hall–Kier alpha value is -3.61. The topological polar surface area (TPSA) is 67.8 Å². The molecule has 1 aromatic heterocycles. The predicted octanol–water partition coefficient (Wildman–Crippen LogP) is 3.90. The Kier molecular flexibility index (Phi) is 5.56. The summed E-state index contributed by atoms with van der Waals surface area (Å²) in [6.45, 7) is 1.07. The number of likely N-dealkylation sites (tertiary alicyclic amines) is 1. The van der Waals surface area contributed by atoms with Crippen molar-refractivity contribution in [2.45, 2.75) is 12.5 Å². The number of carbonyl (C=O) groups is 1. The Morgan fingerprint density at radius 3 is 2.14 bits per heavy atom. The standard InChI is InChI=1S/C22H22N4O3/c1-28-20-21(24-14-13-23-20)29-19-12-15-25(16-19)22(27)26(17-8-4-2-5-9-17)18-10-6-3-7-11-18/h2-11,13-14,19H,12,15-16H2,1H3. The Morgan fingerprint density at radius 2 is 1.55 bits per heavy atom. The van der Waals surface area contributed by atoms with Crippen LogP contribution in [0.3, 0.4) is 0 Å². The van der Waals surface area contributed by atoms with Crippen LogP contribution in [-0.2, 0) is 0 Å². The van der Waals surface area contributed by atoms with Gasteiger partial charge in [0.1, 0.15) is 6.10 Å². The molecule has 0 spiro atoms. The highest BCUT2D eigenvalue weighted by Gasteiger charge is 2.32. The zero-order valence-electron chi connectivity index (χ0n) is 16.1. The highest BCUT2D eigenvalue weighted by atomic mass is 16.5. The second-order valence-corrected chi connectivity index (χ2v) is 6.63. The van der Waals surface area contributed by atoms with E-state index in [0.29, 0.717) is 31.3 Å². The first-order valence-electron chi connectivity index (χ1n) is 9.47. The molecule has 1 atom stereocenters. The summed E-state index contributed by atoms with van der Waals surface area (Å²) in [4.78, 5) is 25.2. The van der Waals surface area contributed by atoms with Crippen molar-refractivity contribution in [1.29, 1.82) is 0 Å². The summed E-state index contributed by atoms with van der Waals surface area (Å²) >= 11 is 0. The number of hydrogen-bond acceptors (Lipinski definition) is 5. The Morgan fingerprint density at radius 1 is 0.966 bits per heavy atom. The van der Waals surface area contributed by atoms with Crippen LogP contribution in [0, 0.1) is 0 Å². The summed E-state index contributed by atoms with van der Waals surface area (Å²) in [6, 6.07) is 19.2. The lowest BCUT2D eigenvalue weighted by Crippen LogP contribution is -2.40. The van der Waals surface area contributed by atoms with Crippen LogP contribution in [-0.4, -0.2) is 47.2 Å². The fourth-order valence-electron chi connectivity index (χ4n) is 3.35. The molecule has 0 N–H and O–H groups in total. The number of aromatic nitrogens is 2. The van der Waals surface area contributed by atoms with Crippen molar-refractivity contribution in [1.82, 2.24) is 14.9 Å². The molecule has 1 unspecified atom stereocenters. The van der Waals surface area contributed by atoms with E-state index >= 15 is 0 Å². The van der Waals surface area contributed by atoms with Gasteiger partial charge in [0.05, 0.1) is 25.0 Å². The van der Waals surface area contributed by atoms with E-state index in [-0.39, 0.29) is 12.1 Å². The van der Waals surface area contributed by atoms with Crippen molar-refractivity contribution in [2.75, 3.05) is 25.1 Å². The number of anilines is 2. The third kappa shape index (κ3) is 4.13. The van der Waals surface area contributed by atoms with Crippen molar-refractivity contribution in [3.8, 4) is 11.8 Å². The summed E-state index contributed by atoms with van der Waals surface area (Å²) in [5, 5.41) is 0. The van der Waals surface area contributed by atoms with E-state index in [4.69, 9.17) is 9.47 Å². The fraction of sp³-hybridized carbons (Fsp3) is 0.227. The number of hydrogen-bond donors (Lipinski definition) is 0. The molecule has 1 saturated heterocycles. The molecule has 2 amide bonds. The van der Waals surface area contributed by atoms with Crippen molar-refractivity contribution < 1.29 is 14.3 Å². The molecule has 4 rings (SSSR count).